The molecule has 1 atom stereocenters. The second kappa shape index (κ2) is 7.26. The molecule has 134 valence electrons. The van der Waals surface area contributed by atoms with Crippen molar-refractivity contribution in [3.8, 4) is 11.5 Å². The molecular formula is C19H18N2O5. The van der Waals surface area contributed by atoms with Gasteiger partial charge in [0.25, 0.3) is 5.56 Å². The number of esters is 1. The quantitative estimate of drug-likeness (QED) is 0.709. The Morgan fingerprint density at radius 1 is 1.12 bits per heavy atom. The maximum absolute atomic E-state index is 12.5. The average Bonchev–Trinajstić information content (AvgIpc) is 2.67. The highest BCUT2D eigenvalue weighted by Gasteiger charge is 2.20. The minimum absolute atomic E-state index is 0.253. The van der Waals surface area contributed by atoms with Crippen molar-refractivity contribution >= 4 is 16.9 Å². The Morgan fingerprint density at radius 3 is 2.62 bits per heavy atom. The van der Waals surface area contributed by atoms with Crippen molar-refractivity contribution in [1.29, 1.82) is 0 Å². The van der Waals surface area contributed by atoms with Crippen molar-refractivity contribution in [2.24, 2.45) is 0 Å². The number of H-pyrrole nitrogens is 1. The maximum Gasteiger partial charge on any atom is 0.342 e. The highest BCUT2D eigenvalue weighted by Crippen LogP contribution is 2.26. The number of nitrogens with one attached hydrogen (secondary N) is 1. The van der Waals surface area contributed by atoms with Gasteiger partial charge in [0.2, 0.25) is 0 Å². The Balaban J connectivity index is 1.87. The summed E-state index contributed by atoms with van der Waals surface area (Å²) in [5.41, 5.74) is 0.509. The Morgan fingerprint density at radius 2 is 1.88 bits per heavy atom. The molecule has 0 unspecified atom stereocenters. The molecular weight excluding hydrogens is 336 g/mol. The van der Waals surface area contributed by atoms with Crippen LogP contribution in [-0.2, 0) is 4.74 Å². The van der Waals surface area contributed by atoms with E-state index in [1.165, 1.54) is 14.2 Å². The van der Waals surface area contributed by atoms with Crippen LogP contribution in [-0.4, -0.2) is 30.2 Å². The molecule has 0 spiro atoms. The molecule has 1 heterocycles. The number of aromatic nitrogens is 2. The predicted molar refractivity (Wildman–Crippen MR) is 95.7 cm³/mol. The lowest BCUT2D eigenvalue weighted by Crippen LogP contribution is -2.17. The van der Waals surface area contributed by atoms with Gasteiger partial charge in [-0.1, -0.05) is 12.1 Å². The summed E-state index contributed by atoms with van der Waals surface area (Å²) in [6, 6.07) is 11.8. The molecule has 0 aliphatic heterocycles. The number of hydrogen-bond acceptors (Lipinski definition) is 6. The van der Waals surface area contributed by atoms with Gasteiger partial charge < -0.3 is 19.2 Å². The van der Waals surface area contributed by atoms with Gasteiger partial charge in [-0.15, -0.1) is 0 Å². The van der Waals surface area contributed by atoms with Gasteiger partial charge in [0.15, 0.2) is 11.9 Å². The van der Waals surface area contributed by atoms with Gasteiger partial charge in [-0.25, -0.2) is 9.78 Å². The summed E-state index contributed by atoms with van der Waals surface area (Å²) in [4.78, 5) is 31.7. The largest absolute Gasteiger partial charge is 0.497 e. The van der Waals surface area contributed by atoms with Crippen LogP contribution >= 0.6 is 0 Å². The van der Waals surface area contributed by atoms with Gasteiger partial charge in [0.05, 0.1) is 25.1 Å². The lowest BCUT2D eigenvalue weighted by molar-refractivity contribution is 0.0316. The van der Waals surface area contributed by atoms with Crippen LogP contribution in [0.2, 0.25) is 0 Å². The molecule has 1 aromatic heterocycles. The molecule has 0 saturated heterocycles. The molecule has 0 aliphatic rings. The predicted octanol–water partition coefficient (Wildman–Crippen LogP) is 2.86. The summed E-state index contributed by atoms with van der Waals surface area (Å²) in [5, 5.41) is 0.478. The number of para-hydroxylation sites is 1. The number of ether oxygens (including phenoxy) is 3. The number of carbonyl (C=O) groups excluding carboxylic acids is 1. The number of aromatic amines is 1. The van der Waals surface area contributed by atoms with E-state index >= 15 is 0 Å². The Kier molecular flexibility index (Phi) is 4.88. The van der Waals surface area contributed by atoms with Crippen molar-refractivity contribution in [3.05, 3.63) is 64.2 Å². The van der Waals surface area contributed by atoms with Crippen LogP contribution in [0.25, 0.3) is 10.9 Å². The zero-order chi connectivity index (χ0) is 18.7. The summed E-state index contributed by atoms with van der Waals surface area (Å²) >= 11 is 0. The smallest absolute Gasteiger partial charge is 0.342 e. The molecule has 0 fully saturated rings. The number of methoxy groups -OCH3 is 2. The number of benzene rings is 2. The lowest BCUT2D eigenvalue weighted by atomic mass is 10.2. The first-order chi connectivity index (χ1) is 12.5. The van der Waals surface area contributed by atoms with Crippen LogP contribution in [0, 0.1) is 0 Å². The van der Waals surface area contributed by atoms with Gasteiger partial charge in [0.1, 0.15) is 17.1 Å². The van der Waals surface area contributed by atoms with Crippen molar-refractivity contribution in [3.63, 3.8) is 0 Å². The molecule has 0 bridgehead atoms. The topological polar surface area (TPSA) is 90.5 Å². The molecule has 0 amide bonds. The van der Waals surface area contributed by atoms with Gasteiger partial charge in [0, 0.05) is 6.07 Å². The van der Waals surface area contributed by atoms with E-state index in [4.69, 9.17) is 14.2 Å². The Hall–Kier alpha value is -3.35. The lowest BCUT2D eigenvalue weighted by Gasteiger charge is -2.15. The maximum atomic E-state index is 12.5. The molecule has 7 heteroatoms. The van der Waals surface area contributed by atoms with Crippen LogP contribution in [0.1, 0.15) is 29.2 Å². The van der Waals surface area contributed by atoms with Gasteiger partial charge in [-0.3, -0.25) is 4.79 Å². The van der Waals surface area contributed by atoms with Crippen LogP contribution in [0.3, 0.4) is 0 Å². The van der Waals surface area contributed by atoms with Crippen molar-refractivity contribution in [2.45, 2.75) is 13.0 Å². The van der Waals surface area contributed by atoms with Crippen molar-refractivity contribution in [1.82, 2.24) is 9.97 Å². The van der Waals surface area contributed by atoms with Gasteiger partial charge >= 0.3 is 5.97 Å². The monoisotopic (exact) mass is 354 g/mol. The fourth-order valence-electron chi connectivity index (χ4n) is 2.54. The number of rotatable bonds is 5. The van der Waals surface area contributed by atoms with Gasteiger partial charge in [-0.2, -0.15) is 0 Å². The summed E-state index contributed by atoms with van der Waals surface area (Å²) in [6.07, 6.45) is -0.744. The van der Waals surface area contributed by atoms with Crippen molar-refractivity contribution in [2.75, 3.05) is 14.2 Å². The fourth-order valence-corrected chi connectivity index (χ4v) is 2.54. The van der Waals surface area contributed by atoms with Gasteiger partial charge in [-0.05, 0) is 31.2 Å². The zero-order valence-corrected chi connectivity index (χ0v) is 14.6. The van der Waals surface area contributed by atoms with E-state index in [0.29, 0.717) is 22.4 Å². The first-order valence-electron chi connectivity index (χ1n) is 7.95. The van der Waals surface area contributed by atoms with E-state index < -0.39 is 12.1 Å². The Bertz CT molecular complexity index is 1010. The molecule has 0 radical (unpaired) electrons. The average molecular weight is 354 g/mol. The highest BCUT2D eigenvalue weighted by molar-refractivity contribution is 5.93. The molecule has 0 aliphatic carbocycles. The standard InChI is InChI=1S/C19H18N2O5/c1-11(17-20-15-7-5-4-6-13(15)18(22)21-17)26-19(23)14-9-8-12(24-2)10-16(14)25-3/h4-11H,1-3H3,(H,20,21,22)/t11-/m1/s1. The minimum atomic E-state index is -0.744. The van der Waals surface area contributed by atoms with E-state index in [2.05, 4.69) is 9.97 Å². The first kappa shape index (κ1) is 17.5. The number of hydrogen-bond donors (Lipinski definition) is 1. The fraction of sp³-hybridized carbons (Fsp3) is 0.211. The van der Waals surface area contributed by atoms with Crippen LogP contribution < -0.4 is 15.0 Å². The Labute approximate surface area is 149 Å². The summed E-state index contributed by atoms with van der Waals surface area (Å²) in [6.45, 7) is 1.64. The van der Waals surface area contributed by atoms with Crippen molar-refractivity contribution < 1.29 is 19.0 Å². The van der Waals surface area contributed by atoms with Crippen LogP contribution in [0.4, 0.5) is 0 Å². The van der Waals surface area contributed by atoms with Crippen LogP contribution in [0.5, 0.6) is 11.5 Å². The number of carbonyl (C=O) groups is 1. The third-order valence-corrected chi connectivity index (χ3v) is 3.93. The summed E-state index contributed by atoms with van der Waals surface area (Å²) < 4.78 is 15.8. The molecule has 0 saturated carbocycles. The number of fused-ring (bicyclic) bond motifs is 1. The second-order valence-corrected chi connectivity index (χ2v) is 5.58. The first-order valence-corrected chi connectivity index (χ1v) is 7.95. The third kappa shape index (κ3) is 3.37. The number of nitrogens with zero attached hydrogens (tertiary/aromatic N) is 1. The molecule has 3 aromatic rings. The molecule has 3 rings (SSSR count). The minimum Gasteiger partial charge on any atom is -0.497 e. The van der Waals surface area contributed by atoms with E-state index in [-0.39, 0.29) is 16.9 Å². The zero-order valence-electron chi connectivity index (χ0n) is 14.6. The highest BCUT2D eigenvalue weighted by atomic mass is 16.5. The van der Waals surface area contributed by atoms with E-state index in [1.807, 2.05) is 0 Å². The third-order valence-electron chi connectivity index (χ3n) is 3.93. The molecule has 7 nitrogen and oxygen atoms in total. The SMILES string of the molecule is COc1ccc(C(=O)O[C@H](C)c2nc3ccccc3c(=O)[nH]2)c(OC)c1. The molecule has 26 heavy (non-hydrogen) atoms. The van der Waals surface area contributed by atoms with Crippen LogP contribution in [0.15, 0.2) is 47.3 Å². The summed E-state index contributed by atoms with van der Waals surface area (Å²) in [7, 11) is 2.98. The molecule has 1 N–H and O–H groups in total. The van der Waals surface area contributed by atoms with E-state index in [9.17, 15) is 9.59 Å². The van der Waals surface area contributed by atoms with E-state index in [0.717, 1.165) is 0 Å². The summed E-state index contributed by atoms with van der Waals surface area (Å²) in [5.74, 6) is 0.579. The normalized spacial score (nSPS) is 11.8. The molecule has 2 aromatic carbocycles. The van der Waals surface area contributed by atoms with E-state index in [1.54, 1.807) is 49.4 Å². The second-order valence-electron chi connectivity index (χ2n) is 5.58.